The summed E-state index contributed by atoms with van der Waals surface area (Å²) < 4.78 is 4.78. The van der Waals surface area contributed by atoms with Gasteiger partial charge in [0.15, 0.2) is 0 Å². The Bertz CT molecular complexity index is 106. The maximum absolute atomic E-state index is 10.9. The van der Waals surface area contributed by atoms with Crippen LogP contribution < -0.4 is 0 Å². The fraction of sp³-hybridized carbons (Fsp3) is 0.833. The van der Waals surface area contributed by atoms with Gasteiger partial charge in [0, 0.05) is 0 Å². The lowest BCUT2D eigenvalue weighted by atomic mass is 10.5. The highest BCUT2D eigenvalue weighted by atomic mass is 33.1. The summed E-state index contributed by atoms with van der Waals surface area (Å²) in [4.78, 5) is 10.9. The smallest absolute Gasteiger partial charge is 0.319 e. The second-order valence-corrected chi connectivity index (χ2v) is 4.47. The average Bonchev–Trinajstić information content (AvgIpc) is 1.89. The van der Waals surface area contributed by atoms with Gasteiger partial charge in [0.2, 0.25) is 0 Å². The first-order chi connectivity index (χ1) is 4.72. The van der Waals surface area contributed by atoms with Crippen molar-refractivity contribution in [1.82, 2.24) is 0 Å². The van der Waals surface area contributed by atoms with E-state index in [-0.39, 0.29) is 11.2 Å². The second kappa shape index (κ2) is 5.92. The molecule has 0 aliphatic heterocycles. The first-order valence-electron chi connectivity index (χ1n) is 3.08. The van der Waals surface area contributed by atoms with E-state index in [4.69, 9.17) is 4.74 Å². The predicted octanol–water partition coefficient (Wildman–Crippen LogP) is 1.95. The summed E-state index contributed by atoms with van der Waals surface area (Å²) in [5.41, 5.74) is 0. The van der Waals surface area contributed by atoms with Gasteiger partial charge in [-0.3, -0.25) is 4.79 Å². The van der Waals surface area contributed by atoms with Crippen molar-refractivity contribution in [3.63, 3.8) is 0 Å². The fourth-order valence-corrected chi connectivity index (χ4v) is 1.98. The van der Waals surface area contributed by atoms with Crippen molar-refractivity contribution in [2.24, 2.45) is 0 Å². The van der Waals surface area contributed by atoms with Crippen molar-refractivity contribution in [3.8, 4) is 0 Å². The monoisotopic (exact) mass is 180 g/mol. The highest BCUT2D eigenvalue weighted by molar-refractivity contribution is 8.76. The van der Waals surface area contributed by atoms with Crippen molar-refractivity contribution < 1.29 is 9.53 Å². The van der Waals surface area contributed by atoms with Crippen LogP contribution >= 0.6 is 21.6 Å². The SMILES string of the molecule is CCOC(=O)C(C)SSC. The molecule has 0 aromatic rings. The van der Waals surface area contributed by atoms with E-state index in [0.717, 1.165) is 0 Å². The van der Waals surface area contributed by atoms with Crippen LogP contribution in [0.4, 0.5) is 0 Å². The minimum absolute atomic E-state index is 0.0463. The first-order valence-corrected chi connectivity index (χ1v) is 5.70. The molecule has 0 bridgehead atoms. The van der Waals surface area contributed by atoms with Gasteiger partial charge in [-0.1, -0.05) is 21.6 Å². The maximum Gasteiger partial charge on any atom is 0.319 e. The van der Waals surface area contributed by atoms with Crippen LogP contribution in [-0.2, 0) is 9.53 Å². The van der Waals surface area contributed by atoms with E-state index in [0.29, 0.717) is 6.61 Å². The highest BCUT2D eigenvalue weighted by Gasteiger charge is 2.12. The molecule has 0 aromatic carbocycles. The first kappa shape index (κ1) is 10.2. The molecule has 0 aliphatic rings. The lowest BCUT2D eigenvalue weighted by Gasteiger charge is -2.06. The van der Waals surface area contributed by atoms with Gasteiger partial charge in [0.1, 0.15) is 5.25 Å². The van der Waals surface area contributed by atoms with E-state index in [1.54, 1.807) is 10.8 Å². The van der Waals surface area contributed by atoms with Gasteiger partial charge < -0.3 is 4.74 Å². The molecule has 0 amide bonds. The van der Waals surface area contributed by atoms with Crippen LogP contribution in [0.5, 0.6) is 0 Å². The molecule has 0 saturated carbocycles. The Morgan fingerprint density at radius 2 is 2.30 bits per heavy atom. The Morgan fingerprint density at radius 1 is 1.70 bits per heavy atom. The van der Waals surface area contributed by atoms with Crippen molar-refractivity contribution in [2.75, 3.05) is 12.9 Å². The molecule has 4 heteroatoms. The lowest BCUT2D eigenvalue weighted by molar-refractivity contribution is -0.142. The van der Waals surface area contributed by atoms with Gasteiger partial charge in [-0.2, -0.15) is 0 Å². The molecule has 0 rings (SSSR count). The summed E-state index contributed by atoms with van der Waals surface area (Å²) in [5, 5.41) is -0.0463. The standard InChI is InChI=1S/C6H12O2S2/c1-4-8-6(7)5(2)10-9-3/h5H,4H2,1-3H3. The highest BCUT2D eigenvalue weighted by Crippen LogP contribution is 2.23. The number of hydrogen-bond donors (Lipinski definition) is 0. The van der Waals surface area contributed by atoms with Gasteiger partial charge in [0.05, 0.1) is 6.61 Å². The molecule has 1 atom stereocenters. The molecule has 10 heavy (non-hydrogen) atoms. The number of carbonyl (C=O) groups excluding carboxylic acids is 1. The van der Waals surface area contributed by atoms with Gasteiger partial charge in [-0.25, -0.2) is 0 Å². The molecule has 0 N–H and O–H groups in total. The Kier molecular flexibility index (Phi) is 6.02. The topological polar surface area (TPSA) is 26.3 Å². The van der Waals surface area contributed by atoms with Crippen molar-refractivity contribution >= 4 is 27.6 Å². The van der Waals surface area contributed by atoms with Crippen molar-refractivity contribution in [1.29, 1.82) is 0 Å². The summed E-state index contributed by atoms with van der Waals surface area (Å²) in [6.07, 6.45) is 1.94. The van der Waals surface area contributed by atoms with E-state index in [9.17, 15) is 4.79 Å². The van der Waals surface area contributed by atoms with E-state index >= 15 is 0 Å². The molecule has 0 aliphatic carbocycles. The summed E-state index contributed by atoms with van der Waals surface area (Å²) in [6.45, 7) is 4.13. The number of ether oxygens (including phenoxy) is 1. The van der Waals surface area contributed by atoms with E-state index < -0.39 is 0 Å². The van der Waals surface area contributed by atoms with Crippen LogP contribution in [0, 0.1) is 0 Å². The lowest BCUT2D eigenvalue weighted by Crippen LogP contribution is -2.15. The third kappa shape index (κ3) is 4.06. The second-order valence-electron chi connectivity index (χ2n) is 1.66. The molecular formula is C6H12O2S2. The Morgan fingerprint density at radius 3 is 2.70 bits per heavy atom. The van der Waals surface area contributed by atoms with Gasteiger partial charge in [-0.05, 0) is 20.1 Å². The van der Waals surface area contributed by atoms with Gasteiger partial charge in [-0.15, -0.1) is 0 Å². The molecule has 1 unspecified atom stereocenters. The third-order valence-electron chi connectivity index (χ3n) is 0.859. The van der Waals surface area contributed by atoms with E-state index in [1.165, 1.54) is 10.8 Å². The van der Waals surface area contributed by atoms with E-state index in [2.05, 4.69) is 0 Å². The van der Waals surface area contributed by atoms with Crippen LogP contribution in [0.3, 0.4) is 0 Å². The molecule has 0 heterocycles. The molecule has 60 valence electrons. The van der Waals surface area contributed by atoms with E-state index in [1.807, 2.05) is 20.1 Å². The van der Waals surface area contributed by atoms with Crippen LogP contribution in [0.25, 0.3) is 0 Å². The molecule has 0 aromatic heterocycles. The quantitative estimate of drug-likeness (QED) is 0.488. The van der Waals surface area contributed by atoms with Crippen LogP contribution in [0.1, 0.15) is 13.8 Å². The number of esters is 1. The summed E-state index contributed by atoms with van der Waals surface area (Å²) in [6, 6.07) is 0. The number of rotatable bonds is 4. The molecular weight excluding hydrogens is 168 g/mol. The summed E-state index contributed by atoms with van der Waals surface area (Å²) in [5.74, 6) is -0.123. The zero-order chi connectivity index (χ0) is 7.98. The minimum Gasteiger partial charge on any atom is -0.465 e. The average molecular weight is 180 g/mol. The van der Waals surface area contributed by atoms with Crippen LogP contribution in [0.15, 0.2) is 0 Å². The fourth-order valence-electron chi connectivity index (χ4n) is 0.443. The third-order valence-corrected chi connectivity index (χ3v) is 2.98. The van der Waals surface area contributed by atoms with Gasteiger partial charge >= 0.3 is 5.97 Å². The zero-order valence-electron chi connectivity index (χ0n) is 6.42. The summed E-state index contributed by atoms with van der Waals surface area (Å²) >= 11 is 0. The molecule has 0 radical (unpaired) electrons. The molecule has 0 saturated heterocycles. The van der Waals surface area contributed by atoms with Crippen LogP contribution in [-0.4, -0.2) is 24.1 Å². The number of hydrogen-bond acceptors (Lipinski definition) is 4. The molecule has 0 fully saturated rings. The Hall–Kier alpha value is 0.170. The number of carbonyl (C=O) groups is 1. The van der Waals surface area contributed by atoms with Crippen LogP contribution in [0.2, 0.25) is 0 Å². The Balaban J connectivity index is 3.49. The molecule has 2 nitrogen and oxygen atoms in total. The maximum atomic E-state index is 10.9. The Labute approximate surface area is 69.5 Å². The normalized spacial score (nSPS) is 12.7. The summed E-state index contributed by atoms with van der Waals surface area (Å²) in [7, 11) is 3.10. The van der Waals surface area contributed by atoms with Crippen molar-refractivity contribution in [3.05, 3.63) is 0 Å². The minimum atomic E-state index is -0.123. The molecule has 0 spiro atoms. The largest absolute Gasteiger partial charge is 0.465 e. The van der Waals surface area contributed by atoms with Crippen molar-refractivity contribution in [2.45, 2.75) is 19.1 Å². The predicted molar refractivity (Wildman–Crippen MR) is 47.2 cm³/mol. The zero-order valence-corrected chi connectivity index (χ0v) is 8.05. The van der Waals surface area contributed by atoms with Gasteiger partial charge in [0.25, 0.3) is 0 Å².